The summed E-state index contributed by atoms with van der Waals surface area (Å²) >= 11 is 0. The Morgan fingerprint density at radius 1 is 1.29 bits per heavy atom. The number of pyridine rings is 1. The number of urea groups is 1. The van der Waals surface area contributed by atoms with E-state index >= 15 is 0 Å². The molecule has 28 heavy (non-hydrogen) atoms. The minimum absolute atomic E-state index is 0.0730. The van der Waals surface area contributed by atoms with Crippen LogP contribution in [0.4, 0.5) is 14.9 Å². The number of methoxy groups -OCH3 is 1. The number of benzene rings is 1. The lowest BCUT2D eigenvalue weighted by Crippen LogP contribution is -2.28. The molecule has 146 valence electrons. The van der Waals surface area contributed by atoms with Gasteiger partial charge in [-0.05, 0) is 43.7 Å². The zero-order valence-corrected chi connectivity index (χ0v) is 15.9. The number of ether oxygens (including phenoxy) is 1. The molecular weight excluding hydrogens is 361 g/mol. The summed E-state index contributed by atoms with van der Waals surface area (Å²) in [6, 6.07) is 8.11. The van der Waals surface area contributed by atoms with E-state index in [-0.39, 0.29) is 12.6 Å². The second kappa shape index (κ2) is 8.51. The van der Waals surface area contributed by atoms with Crippen LogP contribution in [-0.2, 0) is 6.54 Å². The number of hydrogen-bond donors (Lipinski definition) is 2. The van der Waals surface area contributed by atoms with Crippen LogP contribution in [0.3, 0.4) is 0 Å². The van der Waals surface area contributed by atoms with Gasteiger partial charge in [-0.1, -0.05) is 6.07 Å². The molecule has 0 bridgehead atoms. The van der Waals surface area contributed by atoms with Crippen LogP contribution in [0.5, 0.6) is 5.75 Å². The molecule has 1 atom stereocenters. The van der Waals surface area contributed by atoms with Crippen LogP contribution in [-0.4, -0.2) is 27.7 Å². The van der Waals surface area contributed by atoms with Crippen LogP contribution in [0.25, 0.3) is 0 Å². The molecule has 0 saturated carbocycles. The molecule has 7 nitrogen and oxygen atoms in total. The van der Waals surface area contributed by atoms with Crippen molar-refractivity contribution in [2.45, 2.75) is 26.4 Å². The fourth-order valence-electron chi connectivity index (χ4n) is 2.88. The van der Waals surface area contributed by atoms with E-state index in [0.29, 0.717) is 17.1 Å². The van der Waals surface area contributed by atoms with E-state index in [1.807, 2.05) is 25.3 Å². The van der Waals surface area contributed by atoms with Gasteiger partial charge in [-0.2, -0.15) is 0 Å². The predicted molar refractivity (Wildman–Crippen MR) is 104 cm³/mol. The van der Waals surface area contributed by atoms with Crippen molar-refractivity contribution in [2.75, 3.05) is 12.4 Å². The Hall–Kier alpha value is -3.42. The summed E-state index contributed by atoms with van der Waals surface area (Å²) in [5.74, 6) is 1.05. The number of carbonyl (C=O) groups excluding carboxylic acids is 1. The third-order valence-electron chi connectivity index (χ3n) is 4.45. The first-order valence-electron chi connectivity index (χ1n) is 8.80. The van der Waals surface area contributed by atoms with Crippen LogP contribution in [0, 0.1) is 12.7 Å². The summed E-state index contributed by atoms with van der Waals surface area (Å²) in [6.45, 7) is 4.20. The van der Waals surface area contributed by atoms with Crippen molar-refractivity contribution >= 4 is 11.7 Å². The lowest BCUT2D eigenvalue weighted by Gasteiger charge is -2.18. The number of nitrogens with one attached hydrogen (secondary N) is 2. The molecule has 0 aliphatic heterocycles. The normalized spacial score (nSPS) is 11.7. The highest BCUT2D eigenvalue weighted by atomic mass is 19.1. The zero-order valence-electron chi connectivity index (χ0n) is 15.9. The third kappa shape index (κ3) is 4.46. The van der Waals surface area contributed by atoms with Gasteiger partial charge in [0.05, 0.1) is 37.3 Å². The highest BCUT2D eigenvalue weighted by molar-refractivity contribution is 5.90. The minimum atomic E-state index is -0.418. The topological polar surface area (TPSA) is 81.1 Å². The number of amides is 2. The predicted octanol–water partition coefficient (Wildman–Crippen LogP) is 3.67. The van der Waals surface area contributed by atoms with Gasteiger partial charge < -0.3 is 19.9 Å². The summed E-state index contributed by atoms with van der Waals surface area (Å²) < 4.78 is 20.4. The first-order chi connectivity index (χ1) is 13.5. The maximum atomic E-state index is 12.9. The average Bonchev–Trinajstić information content (AvgIpc) is 3.13. The van der Waals surface area contributed by atoms with E-state index in [4.69, 9.17) is 4.74 Å². The second-order valence-corrected chi connectivity index (χ2v) is 6.29. The quantitative estimate of drug-likeness (QED) is 0.681. The molecule has 8 heteroatoms. The van der Waals surface area contributed by atoms with Crippen molar-refractivity contribution < 1.29 is 13.9 Å². The molecule has 0 spiro atoms. The molecule has 0 aliphatic carbocycles. The van der Waals surface area contributed by atoms with Crippen molar-refractivity contribution in [3.8, 4) is 5.75 Å². The highest BCUT2D eigenvalue weighted by Gasteiger charge is 2.14. The molecule has 3 aromatic rings. The van der Waals surface area contributed by atoms with Gasteiger partial charge >= 0.3 is 6.03 Å². The molecule has 0 unspecified atom stereocenters. The summed E-state index contributed by atoms with van der Waals surface area (Å²) in [7, 11) is 1.55. The standard InChI is InChI=1S/C20H22FN5O2/c1-13(26-9-8-22-14(26)2)15-4-7-18(19(10-15)28-3)25-20(27)24-12-17-6-5-16(21)11-23-17/h4-11,13H,12H2,1-3H3,(H2,24,25,27)/t13-/m0/s1. The number of aromatic nitrogens is 3. The number of aryl methyl sites for hydroxylation is 1. The largest absolute Gasteiger partial charge is 0.495 e. The first kappa shape index (κ1) is 19.3. The number of rotatable bonds is 6. The fraction of sp³-hybridized carbons (Fsp3) is 0.250. The Balaban J connectivity index is 1.67. The molecule has 1 aromatic carbocycles. The summed E-state index contributed by atoms with van der Waals surface area (Å²) in [5, 5.41) is 5.44. The maximum Gasteiger partial charge on any atom is 0.319 e. The Morgan fingerprint density at radius 3 is 2.75 bits per heavy atom. The van der Waals surface area contributed by atoms with E-state index in [0.717, 1.165) is 17.6 Å². The van der Waals surface area contributed by atoms with Gasteiger partial charge in [-0.25, -0.2) is 14.2 Å². The van der Waals surface area contributed by atoms with Gasteiger partial charge in [0.2, 0.25) is 0 Å². The van der Waals surface area contributed by atoms with Crippen LogP contribution < -0.4 is 15.4 Å². The molecule has 0 radical (unpaired) electrons. The number of imidazole rings is 1. The smallest absolute Gasteiger partial charge is 0.319 e. The maximum absolute atomic E-state index is 12.9. The lowest BCUT2D eigenvalue weighted by atomic mass is 10.1. The Labute approximate surface area is 162 Å². The molecule has 0 fully saturated rings. The van der Waals surface area contributed by atoms with Crippen LogP contribution in [0.2, 0.25) is 0 Å². The molecule has 0 saturated heterocycles. The van der Waals surface area contributed by atoms with Crippen molar-refractivity contribution in [3.63, 3.8) is 0 Å². The van der Waals surface area contributed by atoms with Gasteiger partial charge in [-0.15, -0.1) is 0 Å². The molecule has 2 heterocycles. The van der Waals surface area contributed by atoms with Crippen molar-refractivity contribution in [3.05, 3.63) is 71.8 Å². The van der Waals surface area contributed by atoms with E-state index in [1.165, 1.54) is 12.1 Å². The Bertz CT molecular complexity index is 955. The third-order valence-corrected chi connectivity index (χ3v) is 4.45. The Morgan fingerprint density at radius 2 is 2.11 bits per heavy atom. The summed E-state index contributed by atoms with van der Waals surface area (Å²) in [4.78, 5) is 20.3. The van der Waals surface area contributed by atoms with Crippen LogP contribution in [0.15, 0.2) is 48.9 Å². The number of hydrogen-bond acceptors (Lipinski definition) is 4. The van der Waals surface area contributed by atoms with E-state index < -0.39 is 11.8 Å². The van der Waals surface area contributed by atoms with Crippen molar-refractivity contribution in [2.24, 2.45) is 0 Å². The zero-order chi connectivity index (χ0) is 20.1. The molecule has 3 rings (SSSR count). The molecule has 2 amide bonds. The molecule has 0 aliphatic rings. The first-order valence-corrected chi connectivity index (χ1v) is 8.80. The molecule has 2 N–H and O–H groups in total. The van der Waals surface area contributed by atoms with Gasteiger partial charge in [0.1, 0.15) is 17.4 Å². The van der Waals surface area contributed by atoms with Gasteiger partial charge in [0.15, 0.2) is 0 Å². The number of halogens is 1. The van der Waals surface area contributed by atoms with Gasteiger partial charge in [0.25, 0.3) is 0 Å². The highest BCUT2D eigenvalue weighted by Crippen LogP contribution is 2.30. The minimum Gasteiger partial charge on any atom is -0.495 e. The van der Waals surface area contributed by atoms with E-state index in [9.17, 15) is 9.18 Å². The fourth-order valence-corrected chi connectivity index (χ4v) is 2.88. The Kier molecular flexibility index (Phi) is 5.88. The van der Waals surface area contributed by atoms with E-state index in [2.05, 4.69) is 32.1 Å². The van der Waals surface area contributed by atoms with Gasteiger partial charge in [0, 0.05) is 12.4 Å². The summed E-state index contributed by atoms with van der Waals surface area (Å²) in [6.07, 6.45) is 4.80. The average molecular weight is 383 g/mol. The van der Waals surface area contributed by atoms with E-state index in [1.54, 1.807) is 19.4 Å². The van der Waals surface area contributed by atoms with Crippen molar-refractivity contribution in [1.82, 2.24) is 19.9 Å². The van der Waals surface area contributed by atoms with Crippen molar-refractivity contribution in [1.29, 1.82) is 0 Å². The monoisotopic (exact) mass is 383 g/mol. The second-order valence-electron chi connectivity index (χ2n) is 6.29. The summed E-state index contributed by atoms with van der Waals surface area (Å²) in [5.41, 5.74) is 2.13. The molecular formula is C20H22FN5O2. The number of anilines is 1. The lowest BCUT2D eigenvalue weighted by molar-refractivity contribution is 0.251. The number of nitrogens with zero attached hydrogens (tertiary/aromatic N) is 3. The molecule has 2 aromatic heterocycles. The number of carbonyl (C=O) groups is 1. The van der Waals surface area contributed by atoms with Crippen LogP contribution in [0.1, 0.15) is 30.0 Å². The van der Waals surface area contributed by atoms with Gasteiger partial charge in [-0.3, -0.25) is 4.98 Å². The van der Waals surface area contributed by atoms with Crippen LogP contribution >= 0.6 is 0 Å². The SMILES string of the molecule is COc1cc([C@H](C)n2ccnc2C)ccc1NC(=O)NCc1ccc(F)cn1.